The highest BCUT2D eigenvalue weighted by Crippen LogP contribution is 2.53. The van der Waals surface area contributed by atoms with Gasteiger partial charge in [-0.3, -0.25) is 0 Å². The van der Waals surface area contributed by atoms with E-state index in [9.17, 15) is 0 Å². The Kier molecular flexibility index (Phi) is 5.96. The fraction of sp³-hybridized carbons (Fsp3) is 0. The highest BCUT2D eigenvalue weighted by molar-refractivity contribution is 6.19. The van der Waals surface area contributed by atoms with Gasteiger partial charge in [-0.25, -0.2) is 0 Å². The Morgan fingerprint density at radius 3 is 1.92 bits per heavy atom. The molecule has 0 unspecified atom stereocenters. The number of para-hydroxylation sites is 1. The minimum absolute atomic E-state index is 0.875. The third-order valence-corrected chi connectivity index (χ3v) is 10.5. The molecule has 0 N–H and O–H groups in total. The molecule has 3 nitrogen and oxygen atoms in total. The van der Waals surface area contributed by atoms with E-state index in [1.807, 2.05) is 12.1 Å². The van der Waals surface area contributed by atoms with Gasteiger partial charge in [-0.15, -0.1) is 0 Å². The summed E-state index contributed by atoms with van der Waals surface area (Å²) in [6.45, 7) is 0. The monoisotopic (exact) mass is 650 g/mol. The number of anilines is 6. The maximum Gasteiger partial charge on any atom is 0.137 e. The minimum atomic E-state index is 0.875. The van der Waals surface area contributed by atoms with Gasteiger partial charge in [0.15, 0.2) is 0 Å². The molecule has 0 radical (unpaired) electrons. The fourth-order valence-electron chi connectivity index (χ4n) is 8.29. The van der Waals surface area contributed by atoms with Gasteiger partial charge in [-0.2, -0.15) is 0 Å². The molecule has 0 fully saturated rings. The van der Waals surface area contributed by atoms with Crippen molar-refractivity contribution in [2.24, 2.45) is 0 Å². The number of nitrogens with zero attached hydrogens (tertiary/aromatic N) is 2. The van der Waals surface area contributed by atoms with E-state index in [4.69, 9.17) is 4.42 Å². The maximum absolute atomic E-state index is 6.39. The first-order chi connectivity index (χ1) is 25.3. The first-order valence-electron chi connectivity index (χ1n) is 17.4. The van der Waals surface area contributed by atoms with Gasteiger partial charge < -0.3 is 14.2 Å². The molecule has 0 bridgehead atoms. The van der Waals surface area contributed by atoms with E-state index >= 15 is 0 Å². The van der Waals surface area contributed by atoms with Crippen LogP contribution in [0.1, 0.15) is 0 Å². The Morgan fingerprint density at radius 2 is 1.06 bits per heavy atom. The second kappa shape index (κ2) is 10.8. The molecule has 1 aliphatic rings. The number of hydrogen-bond donors (Lipinski definition) is 0. The van der Waals surface area contributed by atoms with E-state index in [1.54, 1.807) is 0 Å². The summed E-state index contributed by atoms with van der Waals surface area (Å²) in [5.74, 6) is 0. The molecule has 1 aliphatic heterocycles. The molecule has 9 aromatic carbocycles. The van der Waals surface area contributed by atoms with E-state index in [0.717, 1.165) is 44.7 Å². The van der Waals surface area contributed by atoms with Crippen LogP contribution in [0.4, 0.5) is 34.1 Å². The average Bonchev–Trinajstić information content (AvgIpc) is 3.57. The van der Waals surface area contributed by atoms with Crippen molar-refractivity contribution >= 4 is 88.4 Å². The van der Waals surface area contributed by atoms with Crippen LogP contribution in [0.5, 0.6) is 0 Å². The summed E-state index contributed by atoms with van der Waals surface area (Å²) in [4.78, 5) is 4.79. The first kappa shape index (κ1) is 28.0. The predicted molar refractivity (Wildman–Crippen MR) is 215 cm³/mol. The lowest BCUT2D eigenvalue weighted by Crippen LogP contribution is -2.16. The molecule has 51 heavy (non-hydrogen) atoms. The fourth-order valence-corrected chi connectivity index (χ4v) is 8.29. The SMILES string of the molecule is c1ccc2c(N(c3ccc(N4c5ccc6ccccc6c5-c5cccc6cccc4c56)cc3)c3ccc4c(c3)oc3ccccc34)cccc2c1. The standard InChI is InChI=1S/C48H30N2O/c1-3-15-37-31(10-1)12-8-19-42(37)49(36-27-28-40-39-17-5-6-21-45(39)51-46(40)30-36)34-23-25-35(26-24-34)50-43-20-9-14-33-13-7-18-41(47(33)43)48-38-16-4-2-11-32(38)22-29-44(48)50/h1-30H. The summed E-state index contributed by atoms with van der Waals surface area (Å²) in [5.41, 5.74) is 11.1. The number of fused-ring (bicyclic) bond motifs is 8. The molecule has 0 saturated heterocycles. The molecule has 11 rings (SSSR count). The molecule has 0 amide bonds. The number of benzene rings is 9. The van der Waals surface area contributed by atoms with Crippen molar-refractivity contribution in [3.8, 4) is 11.1 Å². The van der Waals surface area contributed by atoms with Gasteiger partial charge in [0.1, 0.15) is 11.2 Å². The van der Waals surface area contributed by atoms with Crippen molar-refractivity contribution in [3.63, 3.8) is 0 Å². The largest absolute Gasteiger partial charge is 0.456 e. The second-order valence-corrected chi connectivity index (χ2v) is 13.3. The summed E-state index contributed by atoms with van der Waals surface area (Å²) < 4.78 is 6.39. The van der Waals surface area contributed by atoms with Crippen LogP contribution < -0.4 is 9.80 Å². The van der Waals surface area contributed by atoms with Gasteiger partial charge in [-0.1, -0.05) is 115 Å². The summed E-state index contributed by atoms with van der Waals surface area (Å²) in [6, 6.07) is 65.6. The number of hydrogen-bond acceptors (Lipinski definition) is 3. The zero-order chi connectivity index (χ0) is 33.5. The van der Waals surface area contributed by atoms with Crippen LogP contribution in [-0.2, 0) is 0 Å². The van der Waals surface area contributed by atoms with Crippen LogP contribution in [0, 0.1) is 0 Å². The van der Waals surface area contributed by atoms with Crippen molar-refractivity contribution in [1.82, 2.24) is 0 Å². The normalized spacial score (nSPS) is 12.3. The highest BCUT2D eigenvalue weighted by atomic mass is 16.3. The van der Waals surface area contributed by atoms with E-state index in [-0.39, 0.29) is 0 Å². The zero-order valence-electron chi connectivity index (χ0n) is 27.6. The van der Waals surface area contributed by atoms with Crippen molar-refractivity contribution in [2.45, 2.75) is 0 Å². The molecule has 2 heterocycles. The van der Waals surface area contributed by atoms with Crippen molar-refractivity contribution in [3.05, 3.63) is 182 Å². The summed E-state index contributed by atoms with van der Waals surface area (Å²) in [6.07, 6.45) is 0. The lowest BCUT2D eigenvalue weighted by molar-refractivity contribution is 0.669. The van der Waals surface area contributed by atoms with Crippen molar-refractivity contribution in [2.75, 3.05) is 9.80 Å². The third-order valence-electron chi connectivity index (χ3n) is 10.5. The van der Waals surface area contributed by atoms with Gasteiger partial charge in [-0.05, 0) is 87.8 Å². The second-order valence-electron chi connectivity index (χ2n) is 13.3. The Hall–Kier alpha value is -6.84. The van der Waals surface area contributed by atoms with Gasteiger partial charge in [0.05, 0.1) is 17.1 Å². The van der Waals surface area contributed by atoms with Crippen LogP contribution in [-0.4, -0.2) is 0 Å². The topological polar surface area (TPSA) is 19.6 Å². The summed E-state index contributed by atoms with van der Waals surface area (Å²) in [7, 11) is 0. The lowest BCUT2D eigenvalue weighted by Gasteiger charge is -2.34. The summed E-state index contributed by atoms with van der Waals surface area (Å²) >= 11 is 0. The molecule has 238 valence electrons. The van der Waals surface area contributed by atoms with Gasteiger partial charge >= 0.3 is 0 Å². The van der Waals surface area contributed by atoms with E-state index < -0.39 is 0 Å². The number of rotatable bonds is 4. The van der Waals surface area contributed by atoms with Crippen LogP contribution >= 0.6 is 0 Å². The van der Waals surface area contributed by atoms with Gasteiger partial charge in [0.2, 0.25) is 0 Å². The Bertz CT molecular complexity index is 2980. The molecule has 10 aromatic rings. The minimum Gasteiger partial charge on any atom is -0.456 e. The molecular formula is C48H30N2O. The van der Waals surface area contributed by atoms with Gasteiger partial charge in [0, 0.05) is 50.2 Å². The molecule has 0 atom stereocenters. The molecule has 0 aliphatic carbocycles. The average molecular weight is 651 g/mol. The van der Waals surface area contributed by atoms with E-state index in [1.165, 1.54) is 54.8 Å². The molecule has 1 aromatic heterocycles. The van der Waals surface area contributed by atoms with Crippen LogP contribution in [0.25, 0.3) is 65.4 Å². The Labute approximate surface area is 294 Å². The quantitative estimate of drug-likeness (QED) is 0.189. The molecular weight excluding hydrogens is 621 g/mol. The summed E-state index contributed by atoms with van der Waals surface area (Å²) in [5, 5.41) is 9.67. The highest BCUT2D eigenvalue weighted by Gasteiger charge is 2.27. The molecule has 3 heteroatoms. The third kappa shape index (κ3) is 4.19. The predicted octanol–water partition coefficient (Wildman–Crippen LogP) is 14.0. The smallest absolute Gasteiger partial charge is 0.137 e. The Balaban J connectivity index is 1.11. The zero-order valence-corrected chi connectivity index (χ0v) is 27.6. The van der Waals surface area contributed by atoms with Gasteiger partial charge in [0.25, 0.3) is 0 Å². The maximum atomic E-state index is 6.39. The Morgan fingerprint density at radius 1 is 0.412 bits per heavy atom. The van der Waals surface area contributed by atoms with Crippen LogP contribution in [0.15, 0.2) is 186 Å². The molecule has 0 saturated carbocycles. The van der Waals surface area contributed by atoms with Crippen LogP contribution in [0.2, 0.25) is 0 Å². The molecule has 0 spiro atoms. The van der Waals surface area contributed by atoms with E-state index in [2.05, 4.69) is 180 Å². The van der Waals surface area contributed by atoms with Crippen molar-refractivity contribution in [1.29, 1.82) is 0 Å². The van der Waals surface area contributed by atoms with Crippen LogP contribution in [0.3, 0.4) is 0 Å². The lowest BCUT2D eigenvalue weighted by atomic mass is 9.87. The first-order valence-corrected chi connectivity index (χ1v) is 17.4. The van der Waals surface area contributed by atoms with E-state index in [0.29, 0.717) is 0 Å². The number of furan rings is 1. The van der Waals surface area contributed by atoms with Crippen molar-refractivity contribution < 1.29 is 4.42 Å².